The van der Waals surface area contributed by atoms with E-state index in [9.17, 15) is 0 Å². The molecule has 0 aliphatic carbocycles. The number of carbonyl (C=O) groups is 4. The summed E-state index contributed by atoms with van der Waals surface area (Å²) in [5.41, 5.74) is 0. The maximum atomic E-state index is 9.00. The van der Waals surface area contributed by atoms with Crippen LogP contribution in [0, 0.1) is 0 Å². The van der Waals surface area contributed by atoms with Gasteiger partial charge in [-0.15, -0.1) is 0 Å². The number of nitrogens with two attached hydrogens (primary N) is 1. The van der Waals surface area contributed by atoms with Crippen LogP contribution in [-0.4, -0.2) is 44.3 Å². The second-order valence-electron chi connectivity index (χ2n) is 2.08. The molecule has 12 N–H and O–H groups in total. The number of hydrogen-bond donors (Lipinski definition) is 7. The van der Waals surface area contributed by atoms with Crippen LogP contribution in [0.4, 0.5) is 0 Å². The summed E-state index contributed by atoms with van der Waals surface area (Å²) in [7, 11) is 0. The first kappa shape index (κ1) is 42.9. The minimum atomic E-state index is -0.833. The molecule has 0 aromatic carbocycles. The Hall–Kier alpha value is -1.72. The third-order valence-electron chi connectivity index (χ3n) is 0. The fourth-order valence-electron chi connectivity index (χ4n) is 0. The molecule has 11 nitrogen and oxygen atoms in total. The van der Waals surface area contributed by atoms with Crippen LogP contribution in [0.3, 0.4) is 0 Å². The van der Waals surface area contributed by atoms with E-state index in [0.717, 1.165) is 27.7 Å². The molecule has 20 heavy (non-hydrogen) atoms. The first-order chi connectivity index (χ1) is 7.93. The van der Waals surface area contributed by atoms with E-state index in [1.165, 1.54) is 0 Å². The topological polar surface area (TPSA) is 245 Å². The van der Waals surface area contributed by atoms with Crippen molar-refractivity contribution in [2.24, 2.45) is 4.75 Å². The van der Waals surface area contributed by atoms with E-state index < -0.39 is 23.9 Å². The zero-order valence-corrected chi connectivity index (χ0v) is 12.9. The molecule has 0 unspecified atom stereocenters. The van der Waals surface area contributed by atoms with Crippen molar-refractivity contribution in [2.45, 2.75) is 27.7 Å². The molecule has 127 valence electrons. The van der Waals surface area contributed by atoms with Gasteiger partial charge in [-0.3, -0.25) is 19.2 Å². The molecule has 0 bridgehead atoms. The molecule has 0 saturated heterocycles. The van der Waals surface area contributed by atoms with Crippen molar-refractivity contribution < 1.29 is 55.8 Å². The van der Waals surface area contributed by atoms with Gasteiger partial charge in [-0.1, -0.05) is 0 Å². The molecule has 0 spiro atoms. The second-order valence-corrected chi connectivity index (χ2v) is 2.08. The van der Waals surface area contributed by atoms with Crippen LogP contribution in [0.15, 0.2) is 0 Å². The molecule has 0 amide bonds. The number of rotatable bonds is 0. The van der Waals surface area contributed by atoms with Gasteiger partial charge >= 0.3 is 21.0 Å². The van der Waals surface area contributed by atoms with E-state index in [1.807, 2.05) is 0 Å². The van der Waals surface area contributed by atoms with Crippen LogP contribution in [0.25, 0.3) is 0 Å². The molecule has 0 saturated carbocycles. The van der Waals surface area contributed by atoms with E-state index >= 15 is 0 Å². The van der Waals surface area contributed by atoms with Crippen LogP contribution < -0.4 is 17.1 Å². The number of carboxylic acid groups (broad SMARTS) is 4. The Bertz CT molecular complexity index is 174. The Balaban J connectivity index is -0.0000000209. The van der Waals surface area contributed by atoms with Crippen molar-refractivity contribution >= 4 is 23.9 Å². The Morgan fingerprint density at radius 2 is 0.600 bits per heavy atom. The number of aliphatic carboxylic acids is 4. The first-order valence-corrected chi connectivity index (χ1v) is 4.55. The van der Waals surface area contributed by atoms with Gasteiger partial charge in [-0.25, -0.2) is 0 Å². The van der Waals surface area contributed by atoms with Crippen LogP contribution in [0.1, 0.15) is 27.7 Å². The van der Waals surface area contributed by atoms with Gasteiger partial charge in [0.05, 0.1) is 0 Å². The van der Waals surface area contributed by atoms with E-state index in [-0.39, 0.29) is 12.3 Å². The summed E-state index contributed by atoms with van der Waals surface area (Å²) in [6, 6.07) is 0. The third-order valence-corrected chi connectivity index (χ3v) is 0. The molecule has 0 aromatic heterocycles. The Labute approximate surface area is 125 Å². The number of carboxylic acids is 4. The van der Waals surface area contributed by atoms with Crippen molar-refractivity contribution in [3.63, 3.8) is 0 Å². The predicted octanol–water partition coefficient (Wildman–Crippen LogP) is 0.0945. The molecule has 0 fully saturated rings. The molecule has 12 heteroatoms. The zero-order valence-electron chi connectivity index (χ0n) is 11.8. The second kappa shape index (κ2) is 43.3. The summed E-state index contributed by atoms with van der Waals surface area (Å²) in [4.78, 5) is 36.0. The molecule has 0 atom stereocenters. The zero-order chi connectivity index (χ0) is 16.3. The molecule has 0 aliphatic rings. The fraction of sp³-hybridized carbons (Fsp3) is 0.500. The third kappa shape index (κ3) is 1280. The van der Waals surface area contributed by atoms with Gasteiger partial charge in [0.25, 0.3) is 23.9 Å². The summed E-state index contributed by atoms with van der Waals surface area (Å²) in [5, 5.41) is 29.7. The maximum absolute atomic E-state index is 9.00. The van der Waals surface area contributed by atoms with Crippen LogP contribution in [-0.2, 0) is 35.4 Å². The van der Waals surface area contributed by atoms with Gasteiger partial charge < -0.3 is 32.7 Å². The van der Waals surface area contributed by atoms with Crippen molar-refractivity contribution in [2.75, 3.05) is 0 Å². The van der Waals surface area contributed by atoms with Gasteiger partial charge in [0.15, 0.2) is 0 Å². The van der Waals surface area contributed by atoms with Crippen molar-refractivity contribution in [3.05, 3.63) is 0 Å². The number of hydrogen-bond acceptors (Lipinski definition) is 7. The monoisotopic (exact) mass is 346 g/mol. The van der Waals surface area contributed by atoms with Crippen LogP contribution >= 0.6 is 0 Å². The Morgan fingerprint density at radius 1 is 0.600 bits per heavy atom. The molecular weight excluding hydrogens is 322 g/mol. The summed E-state index contributed by atoms with van der Waals surface area (Å²) in [6.07, 6.45) is 0. The van der Waals surface area contributed by atoms with Crippen LogP contribution in [0.5, 0.6) is 0 Å². The average molecular weight is 346 g/mol. The predicted molar refractivity (Wildman–Crippen MR) is 67.5 cm³/mol. The van der Waals surface area contributed by atoms with Crippen molar-refractivity contribution in [1.82, 2.24) is 12.3 Å². The van der Waals surface area contributed by atoms with Gasteiger partial charge in [0.2, 0.25) is 0 Å². The van der Waals surface area contributed by atoms with E-state index in [4.69, 9.17) is 39.6 Å². The summed E-state index contributed by atoms with van der Waals surface area (Å²) in [6.45, 7) is 4.33. The van der Waals surface area contributed by atoms with Gasteiger partial charge in [0, 0.05) is 27.7 Å². The molecule has 0 aromatic rings. The van der Waals surface area contributed by atoms with Crippen molar-refractivity contribution in [1.29, 1.82) is 0 Å². The molecule has 0 heterocycles. The Kier molecular flexibility index (Phi) is 93.0. The molecule has 0 radical (unpaired) electrons. The quantitative estimate of drug-likeness (QED) is 0.289. The summed E-state index contributed by atoms with van der Waals surface area (Å²) in [5.74, 6) is -3.33. The minimum absolute atomic E-state index is 0. The first-order valence-electron chi connectivity index (χ1n) is 3.92. The Morgan fingerprint density at radius 3 is 0.600 bits per heavy atom. The van der Waals surface area contributed by atoms with Gasteiger partial charge in [-0.2, -0.15) is 0 Å². The fourth-order valence-corrected chi connectivity index (χ4v) is 0. The van der Waals surface area contributed by atoms with Crippen molar-refractivity contribution in [3.8, 4) is 0 Å². The van der Waals surface area contributed by atoms with E-state index in [2.05, 4.69) is 21.0 Å². The van der Waals surface area contributed by atoms with Gasteiger partial charge in [0.1, 0.15) is 0 Å². The molecule has 0 aliphatic heterocycles. The van der Waals surface area contributed by atoms with E-state index in [0.29, 0.717) is 0 Å². The summed E-state index contributed by atoms with van der Waals surface area (Å²) < 4.78 is 4.25. The van der Waals surface area contributed by atoms with Gasteiger partial charge in [-0.05, 0) is 0 Å². The van der Waals surface area contributed by atoms with Crippen LogP contribution in [0.2, 0.25) is 0 Å². The van der Waals surface area contributed by atoms with E-state index in [1.54, 1.807) is 0 Å². The summed E-state index contributed by atoms with van der Waals surface area (Å²) >= 11 is 2.75. The molecule has 0 rings (SSSR count). The average Bonchev–Trinajstić information content (AvgIpc) is 2.01. The normalized spacial score (nSPS) is 5.30. The SMILES string of the molecule is CC(=O)O.CC(=O)O.CC(=O)O.CC(=O)O.N.N.[NH2][Fe]. The molecular formula is C8H24FeN3O8. The standard InChI is InChI=1S/4C2H4O2.Fe.2H3N.H2N/c4*1-2(3)4;;;;/h4*1H3,(H,3,4);;2*1H3;1H2/q;;;;+1;;;-1.